The molecule has 2 N–H and O–H groups in total. The first-order chi connectivity index (χ1) is 15.6. The number of carbonyl (C=O) groups is 2. The zero-order chi connectivity index (χ0) is 23.1. The van der Waals surface area contributed by atoms with Gasteiger partial charge in [-0.2, -0.15) is 0 Å². The maximum absolute atomic E-state index is 12.9. The van der Waals surface area contributed by atoms with E-state index in [2.05, 4.69) is 10.2 Å². The van der Waals surface area contributed by atoms with Crippen LogP contribution in [0.5, 0.6) is 5.75 Å². The van der Waals surface area contributed by atoms with Crippen molar-refractivity contribution < 1.29 is 19.4 Å². The van der Waals surface area contributed by atoms with Crippen LogP contribution < -0.4 is 5.32 Å². The number of hydrogen-bond donors (Lipinski definition) is 2. The fraction of sp³-hybridized carbons (Fsp3) is 0.538. The summed E-state index contributed by atoms with van der Waals surface area (Å²) in [6.45, 7) is 5.49. The van der Waals surface area contributed by atoms with Gasteiger partial charge in [0.25, 0.3) is 5.91 Å². The van der Waals surface area contributed by atoms with Crippen LogP contribution in [-0.4, -0.2) is 54.2 Å². The summed E-state index contributed by atoms with van der Waals surface area (Å²) in [7, 11) is 1.42. The van der Waals surface area contributed by atoms with E-state index < -0.39 is 0 Å². The van der Waals surface area contributed by atoms with Crippen molar-refractivity contribution >= 4 is 22.6 Å². The Balaban J connectivity index is 0.00000141. The molecule has 1 saturated heterocycles. The van der Waals surface area contributed by atoms with Crippen molar-refractivity contribution in [1.29, 1.82) is 0 Å². The summed E-state index contributed by atoms with van der Waals surface area (Å²) in [6.07, 6.45) is 6.73. The summed E-state index contributed by atoms with van der Waals surface area (Å²) in [6, 6.07) is 10.4. The molecule has 1 aliphatic carbocycles. The highest BCUT2D eigenvalue weighted by molar-refractivity contribution is 6.03. The van der Waals surface area contributed by atoms with E-state index in [1.165, 1.54) is 39.2 Å². The summed E-state index contributed by atoms with van der Waals surface area (Å²) in [4.78, 5) is 27.4. The van der Waals surface area contributed by atoms with Crippen LogP contribution in [0.25, 0.3) is 10.8 Å². The number of carbonyl (C=O) groups excluding carboxylic acids is 2. The molecule has 1 amide bonds. The summed E-state index contributed by atoms with van der Waals surface area (Å²) >= 11 is 0. The number of phenols is 1. The number of nitrogens with one attached hydrogen (secondary N) is 1. The van der Waals surface area contributed by atoms with Crippen molar-refractivity contribution in [3.05, 3.63) is 42.0 Å². The minimum Gasteiger partial charge on any atom is -0.506 e. The molecule has 0 radical (unpaired) electrons. The molecule has 2 aromatic carbocycles. The Morgan fingerprint density at radius 1 is 1.09 bits per heavy atom. The van der Waals surface area contributed by atoms with Crippen LogP contribution in [0.4, 0.5) is 0 Å². The monoisotopic (exact) mass is 440 g/mol. The van der Waals surface area contributed by atoms with Crippen LogP contribution >= 0.6 is 0 Å². The highest BCUT2D eigenvalue weighted by Crippen LogP contribution is 2.30. The molecule has 0 spiro atoms. The molecule has 1 heterocycles. The average Bonchev–Trinajstić information content (AvgIpc) is 3.22. The Morgan fingerprint density at radius 2 is 1.81 bits per heavy atom. The van der Waals surface area contributed by atoms with Gasteiger partial charge in [-0.25, -0.2) is 0 Å². The molecule has 4 rings (SSSR count). The van der Waals surface area contributed by atoms with Gasteiger partial charge in [0.2, 0.25) is 0 Å². The number of phenolic OH excluding ortho intramolecular Hbond substituents is 1. The number of ether oxygens (including phenoxy) is 1. The third kappa shape index (κ3) is 5.41. The van der Waals surface area contributed by atoms with E-state index in [1.54, 1.807) is 12.1 Å². The Bertz CT molecular complexity index is 923. The van der Waals surface area contributed by atoms with Crippen LogP contribution in [0.2, 0.25) is 0 Å². The van der Waals surface area contributed by atoms with Crippen LogP contribution in [0.1, 0.15) is 62.7 Å². The maximum atomic E-state index is 12.9. The first kappa shape index (κ1) is 24.1. The summed E-state index contributed by atoms with van der Waals surface area (Å²) in [5.74, 6) is 0.0413. The van der Waals surface area contributed by atoms with Crippen LogP contribution in [-0.2, 0) is 9.53 Å². The molecule has 2 fully saturated rings. The topological polar surface area (TPSA) is 78.9 Å². The van der Waals surface area contributed by atoms with Gasteiger partial charge in [0, 0.05) is 24.5 Å². The van der Waals surface area contributed by atoms with Gasteiger partial charge in [-0.15, -0.1) is 0 Å². The second kappa shape index (κ2) is 11.3. The van der Waals surface area contributed by atoms with E-state index in [4.69, 9.17) is 4.74 Å². The highest BCUT2D eigenvalue weighted by Gasteiger charge is 2.39. The molecule has 2 aliphatic rings. The van der Waals surface area contributed by atoms with E-state index in [1.807, 2.05) is 38.1 Å². The molecule has 0 bridgehead atoms. The quantitative estimate of drug-likeness (QED) is 0.670. The number of likely N-dealkylation sites (tertiary alicyclic amines) is 1. The number of methoxy groups -OCH3 is 1. The van der Waals surface area contributed by atoms with Crippen molar-refractivity contribution in [1.82, 2.24) is 10.2 Å². The summed E-state index contributed by atoms with van der Waals surface area (Å²) in [5.41, 5.74) is 0.258. The van der Waals surface area contributed by atoms with Crippen LogP contribution in [0, 0.1) is 5.92 Å². The fourth-order valence-electron chi connectivity index (χ4n) is 4.99. The van der Waals surface area contributed by atoms with E-state index >= 15 is 0 Å². The van der Waals surface area contributed by atoms with Crippen LogP contribution in [0.3, 0.4) is 0 Å². The van der Waals surface area contributed by atoms with Gasteiger partial charge < -0.3 is 15.2 Å². The molecule has 1 saturated carbocycles. The second-order valence-corrected chi connectivity index (χ2v) is 8.59. The summed E-state index contributed by atoms with van der Waals surface area (Å²) in [5, 5.41) is 15.2. The maximum Gasteiger partial charge on any atom is 0.323 e. The normalized spacial score (nSPS) is 21.6. The lowest BCUT2D eigenvalue weighted by Gasteiger charge is -2.29. The Kier molecular flexibility index (Phi) is 8.51. The molecule has 6 heteroatoms. The fourth-order valence-corrected chi connectivity index (χ4v) is 4.99. The second-order valence-electron chi connectivity index (χ2n) is 8.59. The molecular formula is C26H36N2O4. The highest BCUT2D eigenvalue weighted by atomic mass is 16.5. The first-order valence-corrected chi connectivity index (χ1v) is 11.9. The molecule has 174 valence electrons. The molecule has 0 aromatic heterocycles. The largest absolute Gasteiger partial charge is 0.506 e. The number of benzene rings is 2. The van der Waals surface area contributed by atoms with E-state index in [-0.39, 0.29) is 35.3 Å². The molecule has 2 aromatic rings. The lowest BCUT2D eigenvalue weighted by Crippen LogP contribution is -2.41. The molecule has 1 aliphatic heterocycles. The van der Waals surface area contributed by atoms with Gasteiger partial charge in [-0.05, 0) is 36.6 Å². The van der Waals surface area contributed by atoms with Gasteiger partial charge in [0.15, 0.2) is 0 Å². The summed E-state index contributed by atoms with van der Waals surface area (Å²) < 4.78 is 5.03. The standard InChI is InChI=1S/C24H30N2O4.C2H6/c1-30-24(29)21-13-18(15-26(21)14-16-7-3-2-4-8-16)25-23(28)20-12-11-17-9-5-6-10-19(17)22(20)27;1-2/h5-6,9-12,16,18,21,27H,2-4,7-8,13-15H2,1H3,(H,25,28);1-2H3. The number of esters is 1. The molecule has 2 atom stereocenters. The smallest absolute Gasteiger partial charge is 0.323 e. The third-order valence-electron chi connectivity index (χ3n) is 6.57. The van der Waals surface area contributed by atoms with Crippen LogP contribution in [0.15, 0.2) is 36.4 Å². The Morgan fingerprint density at radius 3 is 2.53 bits per heavy atom. The molecule has 6 nitrogen and oxygen atoms in total. The zero-order valence-corrected chi connectivity index (χ0v) is 19.5. The lowest BCUT2D eigenvalue weighted by atomic mass is 9.89. The number of fused-ring (bicyclic) bond motifs is 1. The van der Waals surface area contributed by atoms with Crippen molar-refractivity contribution in [2.24, 2.45) is 5.92 Å². The zero-order valence-electron chi connectivity index (χ0n) is 19.5. The van der Waals surface area contributed by atoms with E-state index in [9.17, 15) is 14.7 Å². The third-order valence-corrected chi connectivity index (χ3v) is 6.57. The number of rotatable bonds is 5. The number of nitrogens with zero attached hydrogens (tertiary/aromatic N) is 1. The minimum atomic E-state index is -0.326. The number of amides is 1. The van der Waals surface area contributed by atoms with E-state index in [0.717, 1.165) is 11.9 Å². The van der Waals surface area contributed by atoms with Crippen molar-refractivity contribution in [3.8, 4) is 5.75 Å². The van der Waals surface area contributed by atoms with Crippen molar-refractivity contribution in [2.45, 2.75) is 64.5 Å². The predicted octanol–water partition coefficient (Wildman–Crippen LogP) is 4.50. The molecule has 2 unspecified atom stereocenters. The van der Waals surface area contributed by atoms with Gasteiger partial charge in [0.1, 0.15) is 11.8 Å². The van der Waals surface area contributed by atoms with Gasteiger partial charge >= 0.3 is 5.97 Å². The number of hydrogen-bond acceptors (Lipinski definition) is 5. The predicted molar refractivity (Wildman–Crippen MR) is 127 cm³/mol. The van der Waals surface area contributed by atoms with Crippen molar-refractivity contribution in [3.63, 3.8) is 0 Å². The Labute approximate surface area is 190 Å². The first-order valence-electron chi connectivity index (χ1n) is 11.9. The lowest BCUT2D eigenvalue weighted by molar-refractivity contribution is -0.146. The van der Waals surface area contributed by atoms with Gasteiger partial charge in [0.05, 0.1) is 12.7 Å². The SMILES string of the molecule is CC.COC(=O)C1CC(NC(=O)c2ccc3ccccc3c2O)CN1CC1CCCCC1. The van der Waals surface area contributed by atoms with Crippen molar-refractivity contribution in [2.75, 3.05) is 20.2 Å². The Hall–Kier alpha value is -2.60. The molecule has 32 heavy (non-hydrogen) atoms. The average molecular weight is 441 g/mol. The van der Waals surface area contributed by atoms with E-state index in [0.29, 0.717) is 24.3 Å². The minimum absolute atomic E-state index is 0.00724. The van der Waals surface area contributed by atoms with Gasteiger partial charge in [-0.1, -0.05) is 63.4 Å². The van der Waals surface area contributed by atoms with Gasteiger partial charge in [-0.3, -0.25) is 14.5 Å². The molecular weight excluding hydrogens is 404 g/mol. The number of aromatic hydroxyl groups is 1.